The summed E-state index contributed by atoms with van der Waals surface area (Å²) in [5.74, 6) is -0.169. The number of carbonyl (C=O) groups is 2. The van der Waals surface area contributed by atoms with Gasteiger partial charge in [0.05, 0.1) is 19.9 Å². The lowest BCUT2D eigenvalue weighted by Crippen LogP contribution is -2.47. The number of methoxy groups -OCH3 is 1. The smallest absolute Gasteiger partial charge is 0.247 e. The number of sulfonamides is 1. The zero-order valence-electron chi connectivity index (χ0n) is 21.3. The molecule has 0 saturated carbocycles. The highest BCUT2D eigenvalue weighted by molar-refractivity contribution is 7.88. The molecule has 0 radical (unpaired) electrons. The van der Waals surface area contributed by atoms with Gasteiger partial charge in [0.1, 0.15) is 11.8 Å². The predicted octanol–water partition coefficient (Wildman–Crippen LogP) is 3.36. The van der Waals surface area contributed by atoms with E-state index in [1.807, 2.05) is 36.4 Å². The van der Waals surface area contributed by atoms with Crippen molar-refractivity contribution in [2.75, 3.05) is 26.5 Å². The highest BCUT2D eigenvalue weighted by Crippen LogP contribution is 2.25. The molecular formula is C28H33N3O5S. The first-order chi connectivity index (χ1) is 17.7. The normalized spacial score (nSPS) is 12.1. The van der Waals surface area contributed by atoms with E-state index in [2.05, 4.69) is 5.32 Å². The molecule has 0 heterocycles. The van der Waals surface area contributed by atoms with Crippen molar-refractivity contribution in [3.8, 4) is 5.75 Å². The predicted molar refractivity (Wildman–Crippen MR) is 143 cm³/mol. The van der Waals surface area contributed by atoms with E-state index in [-0.39, 0.29) is 19.0 Å². The van der Waals surface area contributed by atoms with Crippen molar-refractivity contribution in [1.82, 2.24) is 14.5 Å². The van der Waals surface area contributed by atoms with Crippen LogP contribution in [0.2, 0.25) is 0 Å². The molecule has 1 unspecified atom stereocenters. The summed E-state index contributed by atoms with van der Waals surface area (Å²) in [4.78, 5) is 28.6. The molecule has 8 nitrogen and oxygen atoms in total. The van der Waals surface area contributed by atoms with E-state index in [9.17, 15) is 18.0 Å². The van der Waals surface area contributed by atoms with Gasteiger partial charge in [-0.1, -0.05) is 72.8 Å². The lowest BCUT2D eigenvalue weighted by molar-refractivity contribution is -0.141. The topological polar surface area (TPSA) is 96.0 Å². The van der Waals surface area contributed by atoms with Crippen molar-refractivity contribution in [1.29, 1.82) is 0 Å². The zero-order chi connectivity index (χ0) is 26.8. The van der Waals surface area contributed by atoms with E-state index in [0.29, 0.717) is 17.9 Å². The first kappa shape index (κ1) is 27.9. The molecule has 9 heteroatoms. The monoisotopic (exact) mass is 523 g/mol. The summed E-state index contributed by atoms with van der Waals surface area (Å²) < 4.78 is 31.7. The summed E-state index contributed by atoms with van der Waals surface area (Å²) in [5.41, 5.74) is 2.16. The average molecular weight is 524 g/mol. The molecule has 0 aliphatic rings. The van der Waals surface area contributed by atoms with Crippen molar-refractivity contribution < 1.29 is 22.7 Å². The van der Waals surface area contributed by atoms with Crippen LogP contribution in [0.15, 0.2) is 84.9 Å². The third-order valence-electron chi connectivity index (χ3n) is 5.84. The van der Waals surface area contributed by atoms with Gasteiger partial charge in [0.25, 0.3) is 0 Å². The van der Waals surface area contributed by atoms with Gasteiger partial charge in [-0.25, -0.2) is 8.42 Å². The van der Waals surface area contributed by atoms with Crippen LogP contribution in [-0.4, -0.2) is 55.9 Å². The number of benzene rings is 3. The molecule has 0 aromatic heterocycles. The van der Waals surface area contributed by atoms with Crippen molar-refractivity contribution in [2.24, 2.45) is 0 Å². The molecule has 0 spiro atoms. The maximum atomic E-state index is 13.9. The maximum Gasteiger partial charge on any atom is 0.247 e. The van der Waals surface area contributed by atoms with Crippen molar-refractivity contribution in [3.63, 3.8) is 0 Å². The SMILES string of the molecule is CCNC(=O)C(c1ccccc1)N(Cc1ccc(OC)cc1)C(=O)CN(Cc1ccccc1)S(C)(=O)=O. The Labute approximate surface area is 218 Å². The molecule has 0 aliphatic carbocycles. The summed E-state index contributed by atoms with van der Waals surface area (Å²) in [6, 6.07) is 24.3. The number of nitrogens with one attached hydrogen (secondary N) is 1. The van der Waals surface area contributed by atoms with Gasteiger partial charge in [-0.15, -0.1) is 0 Å². The van der Waals surface area contributed by atoms with E-state index in [1.54, 1.807) is 62.6 Å². The van der Waals surface area contributed by atoms with Gasteiger partial charge in [-0.2, -0.15) is 4.31 Å². The van der Waals surface area contributed by atoms with Crippen molar-refractivity contribution >= 4 is 21.8 Å². The number of ether oxygens (including phenoxy) is 1. The maximum absolute atomic E-state index is 13.9. The number of carbonyl (C=O) groups excluding carboxylic acids is 2. The second-order valence-corrected chi connectivity index (χ2v) is 10.6. The highest BCUT2D eigenvalue weighted by atomic mass is 32.2. The van der Waals surface area contributed by atoms with Gasteiger partial charge < -0.3 is 15.0 Å². The molecule has 1 N–H and O–H groups in total. The number of hydrogen-bond donors (Lipinski definition) is 1. The Morgan fingerprint density at radius 1 is 0.865 bits per heavy atom. The zero-order valence-corrected chi connectivity index (χ0v) is 22.1. The summed E-state index contributed by atoms with van der Waals surface area (Å²) >= 11 is 0. The Morgan fingerprint density at radius 3 is 1.97 bits per heavy atom. The average Bonchev–Trinajstić information content (AvgIpc) is 2.89. The quantitative estimate of drug-likeness (QED) is 0.393. The van der Waals surface area contributed by atoms with Crippen LogP contribution in [0.5, 0.6) is 5.75 Å². The lowest BCUT2D eigenvalue weighted by Gasteiger charge is -2.33. The van der Waals surface area contributed by atoms with Crippen LogP contribution in [0.3, 0.4) is 0 Å². The van der Waals surface area contributed by atoms with E-state index >= 15 is 0 Å². The summed E-state index contributed by atoms with van der Waals surface area (Å²) in [6.07, 6.45) is 1.08. The second-order valence-electron chi connectivity index (χ2n) is 8.59. The van der Waals surface area contributed by atoms with Crippen LogP contribution < -0.4 is 10.1 Å². The minimum atomic E-state index is -3.73. The molecule has 3 rings (SSSR count). The molecule has 3 aromatic carbocycles. The molecule has 196 valence electrons. The summed E-state index contributed by atoms with van der Waals surface area (Å²) in [5, 5.41) is 2.82. The fourth-order valence-electron chi connectivity index (χ4n) is 3.95. The number of nitrogens with zero attached hydrogens (tertiary/aromatic N) is 2. The minimum Gasteiger partial charge on any atom is -0.497 e. The Bertz CT molecular complexity index is 1270. The largest absolute Gasteiger partial charge is 0.497 e. The van der Waals surface area contributed by atoms with Crippen LogP contribution in [0, 0.1) is 0 Å². The number of hydrogen-bond acceptors (Lipinski definition) is 5. The number of rotatable bonds is 12. The van der Waals surface area contributed by atoms with Gasteiger partial charge in [-0.3, -0.25) is 9.59 Å². The molecule has 37 heavy (non-hydrogen) atoms. The van der Waals surface area contributed by atoms with E-state index < -0.39 is 28.5 Å². The van der Waals surface area contributed by atoms with Crippen molar-refractivity contribution in [3.05, 3.63) is 102 Å². The van der Waals surface area contributed by atoms with Crippen molar-refractivity contribution in [2.45, 2.75) is 26.1 Å². The third kappa shape index (κ3) is 7.90. The first-order valence-electron chi connectivity index (χ1n) is 12.0. The van der Waals surface area contributed by atoms with E-state index in [1.165, 1.54) is 4.90 Å². The Morgan fingerprint density at radius 2 is 1.43 bits per heavy atom. The summed E-state index contributed by atoms with van der Waals surface area (Å²) in [6.45, 7) is 1.92. The number of amides is 2. The molecule has 3 aromatic rings. The lowest BCUT2D eigenvalue weighted by atomic mass is 10.0. The summed E-state index contributed by atoms with van der Waals surface area (Å²) in [7, 11) is -2.16. The van der Waals surface area contributed by atoms with Gasteiger partial charge in [0.15, 0.2) is 0 Å². The standard InChI is InChI=1S/C28H33N3O5S/c1-4-29-28(33)27(24-13-9-6-10-14-24)31(20-23-15-17-25(36-2)18-16-23)26(32)21-30(37(3,34)35)19-22-11-7-5-8-12-22/h5-18,27H,4,19-21H2,1-3H3,(H,29,33). The van der Waals surface area contributed by atoms with Crippen LogP contribution in [0.4, 0.5) is 0 Å². The van der Waals surface area contributed by atoms with Crippen LogP contribution in [-0.2, 0) is 32.7 Å². The molecule has 0 saturated heterocycles. The Balaban J connectivity index is 2.00. The van der Waals surface area contributed by atoms with Crippen LogP contribution in [0.1, 0.15) is 29.7 Å². The second kappa shape index (κ2) is 13.0. The van der Waals surface area contributed by atoms with Gasteiger partial charge in [-0.05, 0) is 35.7 Å². The Hall–Kier alpha value is -3.69. The van der Waals surface area contributed by atoms with Gasteiger partial charge in [0.2, 0.25) is 21.8 Å². The highest BCUT2D eigenvalue weighted by Gasteiger charge is 2.33. The minimum absolute atomic E-state index is 0.0406. The van der Waals surface area contributed by atoms with Crippen LogP contribution in [0.25, 0.3) is 0 Å². The van der Waals surface area contributed by atoms with E-state index in [4.69, 9.17) is 4.74 Å². The molecule has 0 bridgehead atoms. The molecule has 0 aliphatic heterocycles. The molecule has 0 fully saturated rings. The fourth-order valence-corrected chi connectivity index (χ4v) is 4.68. The number of likely N-dealkylation sites (N-methyl/N-ethyl adjacent to an activating group) is 1. The first-order valence-corrected chi connectivity index (χ1v) is 13.8. The molecular weight excluding hydrogens is 490 g/mol. The van der Waals surface area contributed by atoms with E-state index in [0.717, 1.165) is 21.7 Å². The Kier molecular flexibility index (Phi) is 9.82. The third-order valence-corrected chi connectivity index (χ3v) is 7.04. The van der Waals surface area contributed by atoms with Gasteiger partial charge >= 0.3 is 0 Å². The molecule has 1 atom stereocenters. The van der Waals surface area contributed by atoms with Gasteiger partial charge in [0, 0.05) is 19.6 Å². The molecule has 2 amide bonds. The fraction of sp³-hybridized carbons (Fsp3) is 0.286. The van der Waals surface area contributed by atoms with Crippen LogP contribution >= 0.6 is 0 Å².